The largest absolute Gasteiger partial charge is 0.511 e. The van der Waals surface area contributed by atoms with Crippen LogP contribution in [0.15, 0.2) is 54.7 Å². The highest BCUT2D eigenvalue weighted by Crippen LogP contribution is 2.36. The molecule has 1 heterocycles. The molecule has 8 nitrogen and oxygen atoms in total. The van der Waals surface area contributed by atoms with Crippen LogP contribution in [0.4, 0.5) is 10.6 Å². The van der Waals surface area contributed by atoms with Gasteiger partial charge in [0.25, 0.3) is 0 Å². The molecule has 3 aromatic rings. The second kappa shape index (κ2) is 11.7. The summed E-state index contributed by atoms with van der Waals surface area (Å²) in [6, 6.07) is 14.7. The third-order valence-electron chi connectivity index (χ3n) is 6.62. The Morgan fingerprint density at radius 2 is 1.81 bits per heavy atom. The number of amides is 1. The molecule has 1 aromatic heterocycles. The summed E-state index contributed by atoms with van der Waals surface area (Å²) in [7, 11) is 0. The molecule has 0 radical (unpaired) electrons. The Morgan fingerprint density at radius 3 is 2.43 bits per heavy atom. The molecule has 0 atom stereocenters. The SMILES string of the molecule is CC1CCC(C(=O)N(c2nn(-c3ccc(OCc4ccccc4)c(Cl)c3)cc2OC(=O)O)C(C)C)CC1. The molecule has 9 heteroatoms. The van der Waals surface area contributed by atoms with Gasteiger partial charge in [0.1, 0.15) is 12.4 Å². The molecule has 1 aliphatic rings. The summed E-state index contributed by atoms with van der Waals surface area (Å²) in [5, 5.41) is 14.3. The molecule has 0 aliphatic heterocycles. The van der Waals surface area contributed by atoms with E-state index in [1.165, 1.54) is 10.9 Å². The van der Waals surface area contributed by atoms with Gasteiger partial charge in [-0.1, -0.05) is 48.9 Å². The average Bonchev–Trinajstić information content (AvgIpc) is 3.26. The van der Waals surface area contributed by atoms with Crippen molar-refractivity contribution in [3.8, 4) is 17.2 Å². The predicted molar refractivity (Wildman–Crippen MR) is 142 cm³/mol. The number of nitrogens with zero attached hydrogens (tertiary/aromatic N) is 3. The number of carboxylic acid groups (broad SMARTS) is 1. The van der Waals surface area contributed by atoms with Gasteiger partial charge in [0, 0.05) is 12.0 Å². The lowest BCUT2D eigenvalue weighted by Gasteiger charge is -2.32. The molecule has 1 aliphatic carbocycles. The van der Waals surface area contributed by atoms with E-state index in [4.69, 9.17) is 21.1 Å². The van der Waals surface area contributed by atoms with Gasteiger partial charge in [-0.2, -0.15) is 0 Å². The predicted octanol–water partition coefficient (Wildman–Crippen LogP) is 6.73. The zero-order valence-electron chi connectivity index (χ0n) is 21.3. The first-order valence-electron chi connectivity index (χ1n) is 12.5. The van der Waals surface area contributed by atoms with Crippen molar-refractivity contribution >= 4 is 29.5 Å². The van der Waals surface area contributed by atoms with Crippen molar-refractivity contribution in [2.75, 3.05) is 4.90 Å². The Labute approximate surface area is 221 Å². The van der Waals surface area contributed by atoms with Crippen LogP contribution >= 0.6 is 11.6 Å². The van der Waals surface area contributed by atoms with E-state index in [1.807, 2.05) is 44.2 Å². The number of halogens is 1. The summed E-state index contributed by atoms with van der Waals surface area (Å²) in [5.41, 5.74) is 1.59. The Kier molecular flexibility index (Phi) is 8.38. The molecule has 0 saturated heterocycles. The first kappa shape index (κ1) is 26.5. The summed E-state index contributed by atoms with van der Waals surface area (Å²) < 4.78 is 12.4. The standard InChI is InChI=1S/C28H32ClN3O5/c1-18(2)32(27(33)21-11-9-19(3)10-12-21)26-25(37-28(34)35)16-31(30-26)22-13-14-24(23(29)15-22)36-17-20-7-5-4-6-8-20/h4-8,13-16,18-19,21H,9-12,17H2,1-3H3,(H,34,35). The quantitative estimate of drug-likeness (QED) is 0.328. The van der Waals surface area contributed by atoms with Gasteiger partial charge >= 0.3 is 6.16 Å². The van der Waals surface area contributed by atoms with Crippen molar-refractivity contribution in [2.24, 2.45) is 11.8 Å². The Morgan fingerprint density at radius 1 is 1.11 bits per heavy atom. The molecular weight excluding hydrogens is 494 g/mol. The molecule has 0 unspecified atom stereocenters. The van der Waals surface area contributed by atoms with Gasteiger partial charge in [-0.25, -0.2) is 9.48 Å². The molecule has 1 saturated carbocycles. The van der Waals surface area contributed by atoms with E-state index in [9.17, 15) is 14.7 Å². The van der Waals surface area contributed by atoms with E-state index >= 15 is 0 Å². The van der Waals surface area contributed by atoms with Crippen molar-refractivity contribution in [1.29, 1.82) is 0 Å². The van der Waals surface area contributed by atoms with Crippen molar-refractivity contribution in [1.82, 2.24) is 9.78 Å². The van der Waals surface area contributed by atoms with Crippen molar-refractivity contribution in [3.63, 3.8) is 0 Å². The number of aromatic nitrogens is 2. The number of hydrogen-bond acceptors (Lipinski definition) is 5. The molecule has 1 N–H and O–H groups in total. The minimum Gasteiger partial charge on any atom is -0.487 e. The molecule has 1 fully saturated rings. The van der Waals surface area contributed by atoms with Crippen LogP contribution in [0.2, 0.25) is 5.02 Å². The number of rotatable bonds is 8. The molecule has 0 bridgehead atoms. The summed E-state index contributed by atoms with van der Waals surface area (Å²) in [4.78, 5) is 26.6. The summed E-state index contributed by atoms with van der Waals surface area (Å²) in [6.45, 7) is 6.32. The van der Waals surface area contributed by atoms with Crippen LogP contribution in [-0.2, 0) is 11.4 Å². The van der Waals surface area contributed by atoms with Crippen LogP contribution in [0.5, 0.6) is 11.5 Å². The third-order valence-corrected chi connectivity index (χ3v) is 6.92. The maximum Gasteiger partial charge on any atom is 0.511 e. The molecular formula is C28H32ClN3O5. The first-order valence-corrected chi connectivity index (χ1v) is 12.9. The zero-order chi connectivity index (χ0) is 26.5. The third kappa shape index (κ3) is 6.43. The van der Waals surface area contributed by atoms with Crippen molar-refractivity contribution < 1.29 is 24.2 Å². The number of hydrogen-bond donors (Lipinski definition) is 1. The van der Waals surface area contributed by atoms with Crippen LogP contribution in [-0.4, -0.2) is 33.0 Å². The van der Waals surface area contributed by atoms with Crippen molar-refractivity contribution in [3.05, 3.63) is 65.3 Å². The van der Waals surface area contributed by atoms with E-state index in [1.54, 1.807) is 23.1 Å². The minimum atomic E-state index is -1.48. The summed E-state index contributed by atoms with van der Waals surface area (Å²) >= 11 is 6.50. The van der Waals surface area contributed by atoms with Crippen LogP contribution < -0.4 is 14.4 Å². The van der Waals surface area contributed by atoms with Gasteiger partial charge in [0.05, 0.1) is 16.9 Å². The van der Waals surface area contributed by atoms with Gasteiger partial charge in [-0.3, -0.25) is 9.69 Å². The normalized spacial score (nSPS) is 17.4. The Bertz CT molecular complexity index is 1240. The maximum atomic E-state index is 13.6. The average molecular weight is 526 g/mol. The summed E-state index contributed by atoms with van der Waals surface area (Å²) in [5.74, 6) is 1.07. The lowest BCUT2D eigenvalue weighted by molar-refractivity contribution is -0.124. The van der Waals surface area contributed by atoms with Gasteiger partial charge in [-0.15, -0.1) is 5.10 Å². The van der Waals surface area contributed by atoms with Gasteiger partial charge in [0.15, 0.2) is 5.75 Å². The van der Waals surface area contributed by atoms with Gasteiger partial charge in [0.2, 0.25) is 11.7 Å². The number of ether oxygens (including phenoxy) is 2. The first-order chi connectivity index (χ1) is 17.7. The van der Waals surface area contributed by atoms with Crippen molar-refractivity contribution in [2.45, 2.75) is 59.1 Å². The smallest absolute Gasteiger partial charge is 0.487 e. The number of anilines is 1. The minimum absolute atomic E-state index is 0.0146. The molecule has 4 rings (SSSR count). The lowest BCUT2D eigenvalue weighted by atomic mass is 9.82. The van der Waals surface area contributed by atoms with E-state index < -0.39 is 6.16 Å². The highest BCUT2D eigenvalue weighted by Gasteiger charge is 2.34. The summed E-state index contributed by atoms with van der Waals surface area (Å²) in [6.07, 6.45) is 3.56. The second-order valence-electron chi connectivity index (χ2n) is 9.78. The second-order valence-corrected chi connectivity index (χ2v) is 10.2. The van der Waals surface area contributed by atoms with Crippen LogP contribution in [0.25, 0.3) is 5.69 Å². The van der Waals surface area contributed by atoms with Crippen LogP contribution in [0, 0.1) is 11.8 Å². The highest BCUT2D eigenvalue weighted by atomic mass is 35.5. The molecule has 196 valence electrons. The molecule has 2 aromatic carbocycles. The topological polar surface area (TPSA) is 93.9 Å². The maximum absolute atomic E-state index is 13.6. The Hall–Kier alpha value is -3.52. The number of benzene rings is 2. The van der Waals surface area contributed by atoms with E-state index in [-0.39, 0.29) is 29.4 Å². The molecule has 1 amide bonds. The monoisotopic (exact) mass is 525 g/mol. The molecule has 0 spiro atoms. The van der Waals surface area contributed by atoms with Crippen LogP contribution in [0.3, 0.4) is 0 Å². The van der Waals surface area contributed by atoms with Crippen LogP contribution in [0.1, 0.15) is 52.0 Å². The fraction of sp³-hybridized carbons (Fsp3) is 0.393. The van der Waals surface area contributed by atoms with E-state index in [0.717, 1.165) is 31.2 Å². The fourth-order valence-corrected chi connectivity index (χ4v) is 4.84. The lowest BCUT2D eigenvalue weighted by Crippen LogP contribution is -2.42. The van der Waals surface area contributed by atoms with Gasteiger partial charge in [-0.05, 0) is 69.2 Å². The molecule has 37 heavy (non-hydrogen) atoms. The van der Waals surface area contributed by atoms with E-state index in [2.05, 4.69) is 12.0 Å². The zero-order valence-corrected chi connectivity index (χ0v) is 22.0. The number of carbonyl (C=O) groups is 2. The van der Waals surface area contributed by atoms with Gasteiger partial charge < -0.3 is 14.6 Å². The van der Waals surface area contributed by atoms with E-state index in [0.29, 0.717) is 29.0 Å². The highest BCUT2D eigenvalue weighted by molar-refractivity contribution is 6.32. The Balaban J connectivity index is 1.61. The number of carbonyl (C=O) groups excluding carboxylic acids is 1. The fourth-order valence-electron chi connectivity index (χ4n) is 4.61.